The lowest BCUT2D eigenvalue weighted by Crippen LogP contribution is -2.21. The third kappa shape index (κ3) is 5.30. The molecule has 11 nitrogen and oxygen atoms in total. The number of fused-ring (bicyclic) bond motifs is 3. The van der Waals surface area contributed by atoms with E-state index in [1.807, 2.05) is 41.5 Å². The zero-order valence-electron chi connectivity index (χ0n) is 23.6. The highest BCUT2D eigenvalue weighted by atomic mass is 35.5. The average Bonchev–Trinajstić information content (AvgIpc) is 3.53. The van der Waals surface area contributed by atoms with Gasteiger partial charge >= 0.3 is 5.69 Å². The molecule has 43 heavy (non-hydrogen) atoms. The molecule has 2 aromatic carbocycles. The van der Waals surface area contributed by atoms with Gasteiger partial charge in [-0.1, -0.05) is 29.8 Å². The van der Waals surface area contributed by atoms with Gasteiger partial charge in [-0.15, -0.1) is 0 Å². The molecule has 0 N–H and O–H groups in total. The van der Waals surface area contributed by atoms with Crippen molar-refractivity contribution in [3.05, 3.63) is 87.7 Å². The van der Waals surface area contributed by atoms with E-state index in [0.29, 0.717) is 53.3 Å². The zero-order chi connectivity index (χ0) is 30.2. The van der Waals surface area contributed by atoms with Crippen LogP contribution in [-0.4, -0.2) is 63.1 Å². The highest BCUT2D eigenvalue weighted by Gasteiger charge is 2.34. The molecule has 0 atom stereocenters. The molecule has 4 heterocycles. The predicted octanol–water partition coefficient (Wildman–Crippen LogP) is 6.39. The molecular formula is C30H27ClFN7O4. The number of nitro groups is 1. The van der Waals surface area contributed by atoms with E-state index < -0.39 is 10.7 Å². The Hall–Kier alpha value is -4.81. The molecule has 0 saturated heterocycles. The van der Waals surface area contributed by atoms with E-state index in [1.54, 1.807) is 30.3 Å². The number of nitro benzene ring substituents is 1. The van der Waals surface area contributed by atoms with Crippen molar-refractivity contribution in [1.29, 1.82) is 0 Å². The van der Waals surface area contributed by atoms with Crippen LogP contribution >= 0.6 is 11.6 Å². The second-order valence-electron chi connectivity index (χ2n) is 10.3. The fourth-order valence-corrected chi connectivity index (χ4v) is 5.43. The Bertz CT molecular complexity index is 1860. The molecule has 0 amide bonds. The highest BCUT2D eigenvalue weighted by Crippen LogP contribution is 2.50. The summed E-state index contributed by atoms with van der Waals surface area (Å²) in [4.78, 5) is 28.4. The van der Waals surface area contributed by atoms with Crippen molar-refractivity contribution in [3.8, 4) is 28.5 Å². The molecule has 1 aliphatic heterocycles. The Morgan fingerprint density at radius 2 is 1.93 bits per heavy atom. The quantitative estimate of drug-likeness (QED) is 0.107. The molecule has 0 unspecified atom stereocenters. The molecule has 5 aromatic rings. The van der Waals surface area contributed by atoms with Crippen LogP contribution in [0.3, 0.4) is 0 Å². The second kappa shape index (κ2) is 11.5. The number of hydrogen-bond acceptors (Lipinski definition) is 9. The van der Waals surface area contributed by atoms with Gasteiger partial charge in [0.2, 0.25) is 11.6 Å². The van der Waals surface area contributed by atoms with Crippen LogP contribution in [0.5, 0.6) is 17.4 Å². The summed E-state index contributed by atoms with van der Waals surface area (Å²) in [6.07, 6.45) is 1.37. The number of benzene rings is 2. The highest BCUT2D eigenvalue weighted by molar-refractivity contribution is 6.35. The minimum absolute atomic E-state index is 0.0106. The van der Waals surface area contributed by atoms with Crippen molar-refractivity contribution in [1.82, 2.24) is 24.4 Å². The molecule has 1 aliphatic rings. The average molecular weight is 604 g/mol. The van der Waals surface area contributed by atoms with Gasteiger partial charge in [-0.2, -0.15) is 0 Å². The first-order valence-electron chi connectivity index (χ1n) is 13.5. The van der Waals surface area contributed by atoms with Gasteiger partial charge in [-0.25, -0.2) is 19.3 Å². The smallest absolute Gasteiger partial charge is 0.313 e. The van der Waals surface area contributed by atoms with Gasteiger partial charge in [0, 0.05) is 43.0 Å². The van der Waals surface area contributed by atoms with Crippen LogP contribution in [0.1, 0.15) is 5.69 Å². The minimum Gasteiger partial charge on any atom is -0.484 e. The molecule has 0 saturated carbocycles. The molecule has 0 spiro atoms. The number of aryl methyl sites for hydroxylation is 1. The number of hydrogen-bond donors (Lipinski definition) is 0. The van der Waals surface area contributed by atoms with Crippen molar-refractivity contribution in [2.24, 2.45) is 0 Å². The molecule has 0 aliphatic carbocycles. The standard InChI is InChI=1S/C30H27ClFN7O4/c1-18-6-4-9-24(35-18)43-23-11-10-19(16-20(23)32)25-26-28(31)33-17-34-29(26)38-13-12-37(30(25)38)21-7-5-8-22(39(40)41)27(21)42-15-14-36(2)3/h4-11,16-17H,12-15H2,1-3H3. The number of nitrogens with zero attached hydrogens (tertiary/aromatic N) is 7. The summed E-state index contributed by atoms with van der Waals surface area (Å²) in [6, 6.07) is 14.7. The minimum atomic E-state index is -0.602. The molecular weight excluding hydrogens is 577 g/mol. The monoisotopic (exact) mass is 603 g/mol. The summed E-state index contributed by atoms with van der Waals surface area (Å²) in [7, 11) is 3.79. The van der Waals surface area contributed by atoms with Crippen LogP contribution in [0.25, 0.3) is 22.2 Å². The molecule has 0 fully saturated rings. The number of ether oxygens (including phenoxy) is 2. The van der Waals surface area contributed by atoms with Crippen LogP contribution in [0.4, 0.5) is 21.6 Å². The summed E-state index contributed by atoms with van der Waals surface area (Å²) in [5.41, 5.74) is 2.75. The number of halogens is 2. The van der Waals surface area contributed by atoms with Gasteiger partial charge in [0.25, 0.3) is 0 Å². The van der Waals surface area contributed by atoms with Gasteiger partial charge < -0.3 is 23.8 Å². The van der Waals surface area contributed by atoms with E-state index in [9.17, 15) is 10.1 Å². The van der Waals surface area contributed by atoms with Crippen molar-refractivity contribution in [2.45, 2.75) is 13.5 Å². The summed E-state index contributed by atoms with van der Waals surface area (Å²) < 4.78 is 29.3. The Morgan fingerprint density at radius 3 is 2.67 bits per heavy atom. The number of para-hydroxylation sites is 1. The fraction of sp³-hybridized carbons (Fsp3) is 0.233. The maximum atomic E-state index is 15.6. The first-order valence-corrected chi connectivity index (χ1v) is 13.9. The lowest BCUT2D eigenvalue weighted by molar-refractivity contribution is -0.385. The van der Waals surface area contributed by atoms with Gasteiger partial charge in [-0.05, 0) is 50.8 Å². The number of pyridine rings is 1. The van der Waals surface area contributed by atoms with Crippen LogP contribution in [-0.2, 0) is 6.54 Å². The third-order valence-electron chi connectivity index (χ3n) is 7.11. The summed E-state index contributed by atoms with van der Waals surface area (Å²) >= 11 is 6.63. The predicted molar refractivity (Wildman–Crippen MR) is 161 cm³/mol. The van der Waals surface area contributed by atoms with Crippen molar-refractivity contribution in [2.75, 3.05) is 38.7 Å². The summed E-state index contributed by atoms with van der Waals surface area (Å²) in [5, 5.41) is 12.8. The molecule has 0 bridgehead atoms. The van der Waals surface area contributed by atoms with Gasteiger partial charge in [0.05, 0.1) is 16.0 Å². The maximum Gasteiger partial charge on any atom is 0.313 e. The van der Waals surface area contributed by atoms with Gasteiger partial charge in [0.15, 0.2) is 11.6 Å². The van der Waals surface area contributed by atoms with E-state index in [0.717, 1.165) is 5.69 Å². The normalized spacial score (nSPS) is 12.7. The Morgan fingerprint density at radius 1 is 1.12 bits per heavy atom. The van der Waals surface area contributed by atoms with E-state index in [-0.39, 0.29) is 34.8 Å². The first-order chi connectivity index (χ1) is 20.7. The fourth-order valence-electron chi connectivity index (χ4n) is 5.20. The van der Waals surface area contributed by atoms with E-state index in [4.69, 9.17) is 21.1 Å². The zero-order valence-corrected chi connectivity index (χ0v) is 24.4. The van der Waals surface area contributed by atoms with Crippen LogP contribution in [0, 0.1) is 22.9 Å². The topological polar surface area (TPSA) is 112 Å². The van der Waals surface area contributed by atoms with E-state index in [1.165, 1.54) is 24.5 Å². The Balaban J connectivity index is 1.49. The van der Waals surface area contributed by atoms with E-state index in [2.05, 4.69) is 15.0 Å². The number of likely N-dealkylation sites (N-methyl/N-ethyl adjacent to an activating group) is 1. The Labute approximate surface area is 251 Å². The van der Waals surface area contributed by atoms with Crippen LogP contribution in [0.2, 0.25) is 5.15 Å². The van der Waals surface area contributed by atoms with Crippen LogP contribution < -0.4 is 14.4 Å². The molecule has 13 heteroatoms. The number of aromatic nitrogens is 4. The Kier molecular flexibility index (Phi) is 7.55. The summed E-state index contributed by atoms with van der Waals surface area (Å²) in [6.45, 7) is 3.60. The van der Waals surface area contributed by atoms with Gasteiger partial charge in [0.1, 0.15) is 29.6 Å². The lowest BCUT2D eigenvalue weighted by Gasteiger charge is -2.23. The summed E-state index contributed by atoms with van der Waals surface area (Å²) in [5.74, 6) is 0.475. The molecule has 3 aromatic heterocycles. The maximum absolute atomic E-state index is 15.6. The largest absolute Gasteiger partial charge is 0.484 e. The lowest BCUT2D eigenvalue weighted by atomic mass is 10.0. The van der Waals surface area contributed by atoms with Crippen molar-refractivity contribution < 1.29 is 18.8 Å². The van der Waals surface area contributed by atoms with E-state index >= 15 is 4.39 Å². The molecule has 220 valence electrons. The third-order valence-corrected chi connectivity index (χ3v) is 7.40. The van der Waals surface area contributed by atoms with Crippen molar-refractivity contribution in [3.63, 3.8) is 0 Å². The number of anilines is 2. The van der Waals surface area contributed by atoms with Gasteiger partial charge in [-0.3, -0.25) is 10.1 Å². The van der Waals surface area contributed by atoms with Crippen LogP contribution in [0.15, 0.2) is 60.9 Å². The first kappa shape index (κ1) is 28.3. The number of rotatable bonds is 9. The SMILES string of the molecule is Cc1cccc(Oc2ccc(-c3c4n(c5ncnc(Cl)c35)CCN4c3cccc([N+](=O)[O-])c3OCCN(C)C)cc2F)n1. The van der Waals surface area contributed by atoms with Crippen molar-refractivity contribution >= 4 is 39.8 Å². The molecule has 6 rings (SSSR count). The molecule has 0 radical (unpaired) electrons. The second-order valence-corrected chi connectivity index (χ2v) is 10.6.